The average molecular weight is 348 g/mol. The van der Waals surface area contributed by atoms with E-state index in [4.69, 9.17) is 4.98 Å². The van der Waals surface area contributed by atoms with Crippen molar-refractivity contribution in [3.8, 4) is 0 Å². The normalized spacial score (nSPS) is 14.1. The molecule has 0 aliphatic heterocycles. The summed E-state index contributed by atoms with van der Waals surface area (Å²) in [5.74, 6) is 1.68. The van der Waals surface area contributed by atoms with Gasteiger partial charge in [0.2, 0.25) is 5.91 Å². The van der Waals surface area contributed by atoms with Crippen LogP contribution in [0.3, 0.4) is 0 Å². The molecule has 1 aliphatic carbocycles. The molecule has 134 valence electrons. The highest BCUT2D eigenvalue weighted by molar-refractivity contribution is 5.81. The summed E-state index contributed by atoms with van der Waals surface area (Å²) in [6, 6.07) is 12.1. The molecule has 0 bridgehead atoms. The Labute approximate surface area is 153 Å². The summed E-state index contributed by atoms with van der Waals surface area (Å²) < 4.78 is 2.12. The largest absolute Gasteiger partial charge is 0.334 e. The molecule has 2 aromatic heterocycles. The highest BCUT2D eigenvalue weighted by atomic mass is 16.2. The number of carbonyl (C=O) groups is 1. The van der Waals surface area contributed by atoms with E-state index >= 15 is 0 Å². The minimum atomic E-state index is 0.119. The van der Waals surface area contributed by atoms with Crippen LogP contribution in [0, 0.1) is 0 Å². The van der Waals surface area contributed by atoms with Crippen molar-refractivity contribution in [1.29, 1.82) is 0 Å². The minimum absolute atomic E-state index is 0.119. The number of carbonyl (C=O) groups excluding carboxylic acids is 1. The zero-order valence-electron chi connectivity index (χ0n) is 15.3. The number of benzene rings is 1. The molecule has 0 spiro atoms. The SMILES string of the molecule is CC(C)N(Cc1cccnc1)C(=O)Cn1c(C2CC2)nc2ccccc21. The number of para-hydroxylation sites is 2. The van der Waals surface area contributed by atoms with E-state index in [2.05, 4.69) is 29.5 Å². The Morgan fingerprint density at radius 3 is 2.73 bits per heavy atom. The second kappa shape index (κ2) is 6.90. The number of amides is 1. The van der Waals surface area contributed by atoms with Crippen LogP contribution in [0.2, 0.25) is 0 Å². The van der Waals surface area contributed by atoms with E-state index in [-0.39, 0.29) is 11.9 Å². The highest BCUT2D eigenvalue weighted by Gasteiger charge is 2.30. The summed E-state index contributed by atoms with van der Waals surface area (Å²) in [6.07, 6.45) is 5.91. The average Bonchev–Trinajstić information content (AvgIpc) is 3.43. The number of imidazole rings is 1. The third-order valence-electron chi connectivity index (χ3n) is 4.94. The lowest BCUT2D eigenvalue weighted by Gasteiger charge is -2.27. The van der Waals surface area contributed by atoms with Crippen molar-refractivity contribution in [2.45, 2.75) is 51.7 Å². The van der Waals surface area contributed by atoms with Gasteiger partial charge in [0.1, 0.15) is 12.4 Å². The molecule has 5 heteroatoms. The molecular weight excluding hydrogens is 324 g/mol. The predicted octanol–water partition coefficient (Wildman–Crippen LogP) is 3.75. The maximum atomic E-state index is 13.2. The molecule has 0 N–H and O–H groups in total. The zero-order chi connectivity index (χ0) is 18.1. The summed E-state index contributed by atoms with van der Waals surface area (Å²) in [7, 11) is 0. The fourth-order valence-corrected chi connectivity index (χ4v) is 3.39. The van der Waals surface area contributed by atoms with E-state index in [0.29, 0.717) is 19.0 Å². The monoisotopic (exact) mass is 348 g/mol. The molecule has 4 rings (SSSR count). The van der Waals surface area contributed by atoms with E-state index in [9.17, 15) is 4.79 Å². The van der Waals surface area contributed by atoms with Gasteiger partial charge in [-0.3, -0.25) is 9.78 Å². The van der Waals surface area contributed by atoms with Crippen molar-refractivity contribution >= 4 is 16.9 Å². The molecule has 1 aromatic carbocycles. The van der Waals surface area contributed by atoms with Crippen LogP contribution in [0.4, 0.5) is 0 Å². The Kier molecular flexibility index (Phi) is 4.45. The van der Waals surface area contributed by atoms with E-state index < -0.39 is 0 Å². The topological polar surface area (TPSA) is 51.0 Å². The second-order valence-corrected chi connectivity index (χ2v) is 7.30. The lowest BCUT2D eigenvalue weighted by atomic mass is 10.2. The summed E-state index contributed by atoms with van der Waals surface area (Å²) in [4.78, 5) is 24.0. The third-order valence-corrected chi connectivity index (χ3v) is 4.94. The number of rotatable bonds is 6. The van der Waals surface area contributed by atoms with Gasteiger partial charge in [0.15, 0.2) is 0 Å². The molecule has 0 saturated heterocycles. The van der Waals surface area contributed by atoms with Crippen LogP contribution in [0.1, 0.15) is 44.0 Å². The molecule has 2 heterocycles. The van der Waals surface area contributed by atoms with Crippen molar-refractivity contribution in [1.82, 2.24) is 19.4 Å². The zero-order valence-corrected chi connectivity index (χ0v) is 15.3. The summed E-state index contributed by atoms with van der Waals surface area (Å²) >= 11 is 0. The van der Waals surface area contributed by atoms with Gasteiger partial charge >= 0.3 is 0 Å². The standard InChI is InChI=1S/C21H24N4O/c1-15(2)24(13-16-6-5-11-22-12-16)20(26)14-25-19-8-4-3-7-18(19)23-21(25)17-9-10-17/h3-8,11-12,15,17H,9-10,13-14H2,1-2H3. The maximum Gasteiger partial charge on any atom is 0.243 e. The molecule has 0 atom stereocenters. The van der Waals surface area contributed by atoms with Crippen LogP contribution in [-0.2, 0) is 17.9 Å². The van der Waals surface area contributed by atoms with E-state index in [1.807, 2.05) is 41.4 Å². The van der Waals surface area contributed by atoms with Gasteiger partial charge in [0.25, 0.3) is 0 Å². The van der Waals surface area contributed by atoms with Crippen molar-refractivity contribution in [3.05, 3.63) is 60.2 Å². The molecule has 26 heavy (non-hydrogen) atoms. The van der Waals surface area contributed by atoms with Crippen LogP contribution in [0.5, 0.6) is 0 Å². The minimum Gasteiger partial charge on any atom is -0.334 e. The third kappa shape index (κ3) is 3.34. The van der Waals surface area contributed by atoms with Gasteiger partial charge in [0, 0.05) is 30.9 Å². The maximum absolute atomic E-state index is 13.2. The van der Waals surface area contributed by atoms with Crippen LogP contribution in [0.25, 0.3) is 11.0 Å². The Bertz CT molecular complexity index is 912. The molecule has 1 saturated carbocycles. The number of aromatic nitrogens is 3. The molecular formula is C21H24N4O. The van der Waals surface area contributed by atoms with Crippen LogP contribution in [-0.4, -0.2) is 31.4 Å². The fourth-order valence-electron chi connectivity index (χ4n) is 3.39. The Morgan fingerprint density at radius 1 is 1.23 bits per heavy atom. The van der Waals surface area contributed by atoms with E-state index in [1.165, 1.54) is 12.8 Å². The van der Waals surface area contributed by atoms with Crippen molar-refractivity contribution in [2.24, 2.45) is 0 Å². The van der Waals surface area contributed by atoms with Crippen LogP contribution < -0.4 is 0 Å². The first-order valence-electron chi connectivity index (χ1n) is 9.27. The quantitative estimate of drug-likeness (QED) is 0.682. The van der Waals surface area contributed by atoms with Gasteiger partial charge in [-0.15, -0.1) is 0 Å². The van der Waals surface area contributed by atoms with Crippen molar-refractivity contribution in [2.75, 3.05) is 0 Å². The summed E-state index contributed by atoms with van der Waals surface area (Å²) in [6.45, 7) is 5.03. The van der Waals surface area contributed by atoms with Crippen LogP contribution >= 0.6 is 0 Å². The summed E-state index contributed by atoms with van der Waals surface area (Å²) in [5.41, 5.74) is 3.07. The van der Waals surface area contributed by atoms with Crippen LogP contribution in [0.15, 0.2) is 48.8 Å². The fraction of sp³-hybridized carbons (Fsp3) is 0.381. The Morgan fingerprint density at radius 2 is 2.04 bits per heavy atom. The van der Waals surface area contributed by atoms with Crippen molar-refractivity contribution < 1.29 is 4.79 Å². The van der Waals surface area contributed by atoms with Crippen molar-refractivity contribution in [3.63, 3.8) is 0 Å². The molecule has 0 unspecified atom stereocenters. The molecule has 1 aliphatic rings. The van der Waals surface area contributed by atoms with Gasteiger partial charge in [-0.05, 0) is 50.5 Å². The number of fused-ring (bicyclic) bond motifs is 1. The highest BCUT2D eigenvalue weighted by Crippen LogP contribution is 2.40. The van der Waals surface area contributed by atoms with E-state index in [0.717, 1.165) is 22.4 Å². The molecule has 5 nitrogen and oxygen atoms in total. The van der Waals surface area contributed by atoms with Gasteiger partial charge in [-0.1, -0.05) is 18.2 Å². The van der Waals surface area contributed by atoms with Gasteiger partial charge in [0.05, 0.1) is 11.0 Å². The lowest BCUT2D eigenvalue weighted by molar-refractivity contribution is -0.134. The molecule has 1 amide bonds. The molecule has 0 radical (unpaired) electrons. The number of hydrogen-bond donors (Lipinski definition) is 0. The number of hydrogen-bond acceptors (Lipinski definition) is 3. The lowest BCUT2D eigenvalue weighted by Crippen LogP contribution is -2.38. The first kappa shape index (κ1) is 16.8. The molecule has 1 fully saturated rings. The first-order valence-corrected chi connectivity index (χ1v) is 9.27. The first-order chi connectivity index (χ1) is 12.6. The number of pyridine rings is 1. The second-order valence-electron chi connectivity index (χ2n) is 7.30. The number of nitrogens with zero attached hydrogens (tertiary/aromatic N) is 4. The predicted molar refractivity (Wildman–Crippen MR) is 102 cm³/mol. The Balaban J connectivity index is 1.62. The Hall–Kier alpha value is -2.69. The van der Waals surface area contributed by atoms with E-state index in [1.54, 1.807) is 6.20 Å². The smallest absolute Gasteiger partial charge is 0.243 e. The molecule has 3 aromatic rings. The van der Waals surface area contributed by atoms with Gasteiger partial charge in [-0.2, -0.15) is 0 Å². The summed E-state index contributed by atoms with van der Waals surface area (Å²) in [5, 5.41) is 0. The van der Waals surface area contributed by atoms with Gasteiger partial charge < -0.3 is 9.47 Å². The van der Waals surface area contributed by atoms with Gasteiger partial charge in [-0.25, -0.2) is 4.98 Å².